The van der Waals surface area contributed by atoms with Gasteiger partial charge in [0.05, 0.1) is 5.56 Å². The number of hydrogen-bond donors (Lipinski definition) is 3. The largest absolute Gasteiger partial charge is 0.478 e. The van der Waals surface area contributed by atoms with Gasteiger partial charge in [0, 0.05) is 54.6 Å². The van der Waals surface area contributed by atoms with Gasteiger partial charge in [0.1, 0.15) is 11.5 Å². The first-order chi connectivity index (χ1) is 13.1. The van der Waals surface area contributed by atoms with Gasteiger partial charge in [-0.15, -0.1) is 0 Å². The number of fused-ring (bicyclic) bond motifs is 2. The maximum atomic E-state index is 11.8. The molecule has 0 aromatic heterocycles. The molecule has 3 aromatic carbocycles. The van der Waals surface area contributed by atoms with E-state index in [-0.39, 0.29) is 5.92 Å². The van der Waals surface area contributed by atoms with Gasteiger partial charge in [-0.05, 0) is 23.8 Å². The number of nitrogens with one attached hydrogen (secondary N) is 2. The number of carbonyl (C=O) groups is 1. The molecule has 0 aliphatic carbocycles. The fourth-order valence-corrected chi connectivity index (χ4v) is 3.60. The van der Waals surface area contributed by atoms with Gasteiger partial charge in [-0.1, -0.05) is 30.3 Å². The second kappa shape index (κ2) is 6.68. The lowest BCUT2D eigenvalue weighted by molar-refractivity contribution is 0.0695. The van der Waals surface area contributed by atoms with Crippen molar-refractivity contribution in [3.8, 4) is 11.5 Å². The van der Waals surface area contributed by atoms with Crippen molar-refractivity contribution >= 4 is 17.3 Å². The van der Waals surface area contributed by atoms with E-state index in [1.165, 1.54) is 0 Å². The molecule has 5 heteroatoms. The zero-order valence-electron chi connectivity index (χ0n) is 15.1. The van der Waals surface area contributed by atoms with Gasteiger partial charge in [-0.25, -0.2) is 4.79 Å². The molecule has 3 aromatic rings. The molecule has 1 heterocycles. The molecule has 0 atom stereocenters. The minimum atomic E-state index is -0.932. The van der Waals surface area contributed by atoms with Crippen molar-refractivity contribution in [1.82, 2.24) is 0 Å². The molecule has 0 saturated heterocycles. The molecular formula is C22H20N2O3. The van der Waals surface area contributed by atoms with E-state index in [2.05, 4.69) is 10.6 Å². The maximum absolute atomic E-state index is 11.8. The van der Waals surface area contributed by atoms with Crippen molar-refractivity contribution < 1.29 is 14.6 Å². The van der Waals surface area contributed by atoms with E-state index >= 15 is 0 Å². The van der Waals surface area contributed by atoms with Gasteiger partial charge in [0.2, 0.25) is 0 Å². The first kappa shape index (κ1) is 17.0. The van der Waals surface area contributed by atoms with Crippen LogP contribution in [0.15, 0.2) is 60.7 Å². The van der Waals surface area contributed by atoms with E-state index in [4.69, 9.17) is 4.74 Å². The molecule has 0 spiro atoms. The molecule has 0 saturated carbocycles. The van der Waals surface area contributed by atoms with Crippen LogP contribution in [0, 0.1) is 0 Å². The van der Waals surface area contributed by atoms with E-state index in [1.54, 1.807) is 12.1 Å². The Morgan fingerprint density at radius 2 is 1.41 bits per heavy atom. The van der Waals surface area contributed by atoms with Gasteiger partial charge >= 0.3 is 5.97 Å². The Bertz CT molecular complexity index is 976. The lowest BCUT2D eigenvalue weighted by Gasteiger charge is -2.30. The zero-order valence-corrected chi connectivity index (χ0v) is 15.1. The second-order valence-corrected chi connectivity index (χ2v) is 6.43. The summed E-state index contributed by atoms with van der Waals surface area (Å²) in [6, 6.07) is 19.0. The zero-order chi connectivity index (χ0) is 19.0. The molecule has 0 unspecified atom stereocenters. The highest BCUT2D eigenvalue weighted by Gasteiger charge is 2.31. The molecule has 0 bridgehead atoms. The summed E-state index contributed by atoms with van der Waals surface area (Å²) in [5, 5.41) is 15.9. The maximum Gasteiger partial charge on any atom is 0.335 e. The van der Waals surface area contributed by atoms with Gasteiger partial charge in [-0.2, -0.15) is 0 Å². The Kier molecular flexibility index (Phi) is 4.20. The number of rotatable bonds is 4. The molecule has 1 aliphatic heterocycles. The summed E-state index contributed by atoms with van der Waals surface area (Å²) in [5.74, 6) is 0.312. The molecule has 27 heavy (non-hydrogen) atoms. The second-order valence-electron chi connectivity index (χ2n) is 6.43. The number of ether oxygens (including phenoxy) is 1. The van der Waals surface area contributed by atoms with Crippen molar-refractivity contribution in [1.29, 1.82) is 0 Å². The lowest BCUT2D eigenvalue weighted by atomic mass is 9.80. The molecule has 0 radical (unpaired) electrons. The van der Waals surface area contributed by atoms with Crippen LogP contribution in [0.25, 0.3) is 0 Å². The first-order valence-corrected chi connectivity index (χ1v) is 8.76. The van der Waals surface area contributed by atoms with Crippen LogP contribution in [0.4, 0.5) is 11.4 Å². The highest BCUT2D eigenvalue weighted by Crippen LogP contribution is 2.49. The lowest BCUT2D eigenvalue weighted by Crippen LogP contribution is -2.15. The summed E-state index contributed by atoms with van der Waals surface area (Å²) in [7, 11) is 3.71. The quantitative estimate of drug-likeness (QED) is 0.490. The average molecular weight is 360 g/mol. The van der Waals surface area contributed by atoms with Crippen LogP contribution in [-0.2, 0) is 0 Å². The standard InChI is InChI=1S/C22H20N2O3/c1-23-13-7-9-17-19(11-13)27-20-12-14(24-2)8-10-18(20)21(17)15-5-3-4-6-16(15)22(25)26/h3-12,21,23-24H,1-2H3,(H,25,26). The van der Waals surface area contributed by atoms with E-state index in [0.717, 1.165) is 39.6 Å². The molecule has 4 rings (SSSR count). The topological polar surface area (TPSA) is 70.6 Å². The van der Waals surface area contributed by atoms with Crippen molar-refractivity contribution in [3.63, 3.8) is 0 Å². The Morgan fingerprint density at radius 3 is 1.93 bits per heavy atom. The summed E-state index contributed by atoms with van der Waals surface area (Å²) in [4.78, 5) is 11.8. The molecule has 3 N–H and O–H groups in total. The normalized spacial score (nSPS) is 12.5. The summed E-state index contributed by atoms with van der Waals surface area (Å²) in [6.45, 7) is 0. The minimum absolute atomic E-state index is 0.215. The van der Waals surface area contributed by atoms with Crippen LogP contribution in [-0.4, -0.2) is 25.2 Å². The smallest absolute Gasteiger partial charge is 0.335 e. The summed E-state index contributed by atoms with van der Waals surface area (Å²) >= 11 is 0. The predicted octanol–water partition coefficient (Wildman–Crippen LogP) is 4.75. The van der Waals surface area contributed by atoms with E-state index < -0.39 is 5.97 Å². The van der Waals surface area contributed by atoms with Gasteiger partial charge in [0.15, 0.2) is 0 Å². The molecule has 5 nitrogen and oxygen atoms in total. The average Bonchev–Trinajstić information content (AvgIpc) is 2.71. The first-order valence-electron chi connectivity index (χ1n) is 8.76. The minimum Gasteiger partial charge on any atom is -0.478 e. The SMILES string of the molecule is CNc1ccc2c(c1)Oc1cc(NC)ccc1C2c1ccccc1C(=O)O. The van der Waals surface area contributed by atoms with Crippen molar-refractivity contribution in [3.05, 3.63) is 82.9 Å². The van der Waals surface area contributed by atoms with Crippen LogP contribution in [0.1, 0.15) is 33.0 Å². The van der Waals surface area contributed by atoms with Gasteiger partial charge in [0.25, 0.3) is 0 Å². The summed E-state index contributed by atoms with van der Waals surface area (Å²) in [5.41, 5.74) is 4.83. The van der Waals surface area contributed by atoms with Crippen molar-refractivity contribution in [2.24, 2.45) is 0 Å². The fourth-order valence-electron chi connectivity index (χ4n) is 3.60. The number of carboxylic acids is 1. The van der Waals surface area contributed by atoms with Crippen LogP contribution >= 0.6 is 0 Å². The number of carboxylic acid groups (broad SMARTS) is 1. The fraction of sp³-hybridized carbons (Fsp3) is 0.136. The highest BCUT2D eigenvalue weighted by atomic mass is 16.5. The van der Waals surface area contributed by atoms with E-state index in [0.29, 0.717) is 5.56 Å². The Balaban J connectivity index is 1.98. The monoisotopic (exact) mass is 360 g/mol. The number of hydrogen-bond acceptors (Lipinski definition) is 4. The molecule has 136 valence electrons. The molecular weight excluding hydrogens is 340 g/mol. The number of benzene rings is 3. The number of aromatic carboxylic acids is 1. The van der Waals surface area contributed by atoms with Gasteiger partial charge in [-0.3, -0.25) is 0 Å². The van der Waals surface area contributed by atoms with Crippen LogP contribution in [0.3, 0.4) is 0 Å². The van der Waals surface area contributed by atoms with Crippen LogP contribution < -0.4 is 15.4 Å². The van der Waals surface area contributed by atoms with Crippen LogP contribution in [0.5, 0.6) is 11.5 Å². The summed E-state index contributed by atoms with van der Waals surface area (Å²) in [6.07, 6.45) is 0. The highest BCUT2D eigenvalue weighted by molar-refractivity contribution is 5.90. The molecule has 0 fully saturated rings. The Morgan fingerprint density at radius 1 is 0.852 bits per heavy atom. The Labute approximate surface area is 157 Å². The van der Waals surface area contributed by atoms with Crippen molar-refractivity contribution in [2.45, 2.75) is 5.92 Å². The molecule has 0 amide bonds. The predicted molar refractivity (Wildman–Crippen MR) is 106 cm³/mol. The van der Waals surface area contributed by atoms with E-state index in [1.807, 2.05) is 62.6 Å². The van der Waals surface area contributed by atoms with Crippen LogP contribution in [0.2, 0.25) is 0 Å². The molecule has 1 aliphatic rings. The van der Waals surface area contributed by atoms with Gasteiger partial charge < -0.3 is 20.5 Å². The third kappa shape index (κ3) is 2.87. The van der Waals surface area contributed by atoms with E-state index in [9.17, 15) is 9.90 Å². The third-order valence-electron chi connectivity index (χ3n) is 4.95. The third-order valence-corrected chi connectivity index (χ3v) is 4.95. The number of anilines is 2. The van der Waals surface area contributed by atoms with Crippen molar-refractivity contribution in [2.75, 3.05) is 24.7 Å². The Hall–Kier alpha value is -3.47. The summed E-state index contributed by atoms with van der Waals surface area (Å²) < 4.78 is 6.19.